The molecule has 0 spiro atoms. The van der Waals surface area contributed by atoms with Crippen molar-refractivity contribution in [2.45, 2.75) is 0 Å². The van der Waals surface area contributed by atoms with Crippen molar-refractivity contribution in [2.24, 2.45) is 0 Å². The zero-order chi connectivity index (χ0) is 22.8. The van der Waals surface area contributed by atoms with Crippen molar-refractivity contribution in [3.05, 3.63) is 84.8 Å². The van der Waals surface area contributed by atoms with Gasteiger partial charge in [0.1, 0.15) is 22.7 Å². The van der Waals surface area contributed by atoms with Crippen molar-refractivity contribution in [1.82, 2.24) is 20.0 Å². The second-order valence-corrected chi connectivity index (χ2v) is 7.00. The number of halogens is 1. The molecule has 3 aromatic carbocycles. The van der Waals surface area contributed by atoms with Gasteiger partial charge in [0, 0.05) is 17.5 Å². The normalized spacial score (nSPS) is 10.8. The molecule has 0 fully saturated rings. The van der Waals surface area contributed by atoms with E-state index < -0.39 is 11.6 Å². The van der Waals surface area contributed by atoms with E-state index in [0.717, 1.165) is 11.5 Å². The Morgan fingerprint density at radius 1 is 0.939 bits per heavy atom. The molecule has 0 aliphatic rings. The number of ether oxygens (including phenoxy) is 2. The number of carbonyl (C=O) groups excluding carboxylic acids is 1. The van der Waals surface area contributed by atoms with E-state index in [1.54, 1.807) is 42.6 Å². The number of pyridine rings is 1. The first-order valence-corrected chi connectivity index (χ1v) is 9.80. The summed E-state index contributed by atoms with van der Waals surface area (Å²) in [6, 6.07) is 19.8. The zero-order valence-corrected chi connectivity index (χ0v) is 16.9. The van der Waals surface area contributed by atoms with Crippen LogP contribution in [-0.2, 0) is 4.79 Å². The van der Waals surface area contributed by atoms with E-state index in [4.69, 9.17) is 14.5 Å². The number of rotatable bonds is 6. The minimum atomic E-state index is -0.752. The Hall–Kier alpha value is -4.79. The van der Waals surface area contributed by atoms with Gasteiger partial charge in [-0.25, -0.2) is 14.1 Å². The second kappa shape index (κ2) is 8.39. The van der Waals surface area contributed by atoms with Gasteiger partial charge in [-0.2, -0.15) is 0 Å². The Bertz CT molecular complexity index is 1480. The van der Waals surface area contributed by atoms with Crippen molar-refractivity contribution in [1.29, 1.82) is 0 Å². The summed E-state index contributed by atoms with van der Waals surface area (Å²) < 4.78 is 26.0. The van der Waals surface area contributed by atoms with Crippen LogP contribution < -0.4 is 9.47 Å². The second-order valence-electron chi connectivity index (χ2n) is 7.00. The summed E-state index contributed by atoms with van der Waals surface area (Å²) >= 11 is 0. The lowest BCUT2D eigenvalue weighted by Gasteiger charge is -2.10. The number of hydrogen-bond donors (Lipinski definition) is 1. The van der Waals surface area contributed by atoms with E-state index in [0.29, 0.717) is 46.3 Å². The number of benzene rings is 3. The number of aromatic hydroxyl groups is 1. The monoisotopic (exact) mass is 442 g/mol. The summed E-state index contributed by atoms with van der Waals surface area (Å²) in [6.07, 6.45) is 1.61. The standard InChI is InChI=1S/C24H15FN4O4/c25-19-11-16(8-10-22(19)31)29-13-21(27-28-29)20-9-7-15-3-1-6-23(24(15)26-20)33-18-5-2-4-17(12-18)32-14-30/h1-14,31H. The smallest absolute Gasteiger partial charge is 0.298 e. The summed E-state index contributed by atoms with van der Waals surface area (Å²) in [5.41, 5.74) is 2.02. The molecular weight excluding hydrogens is 427 g/mol. The molecule has 0 amide bonds. The van der Waals surface area contributed by atoms with Crippen LogP contribution in [0.1, 0.15) is 0 Å². The van der Waals surface area contributed by atoms with Gasteiger partial charge in [-0.3, -0.25) is 4.79 Å². The average molecular weight is 442 g/mol. The van der Waals surface area contributed by atoms with Gasteiger partial charge in [0.05, 0.1) is 17.6 Å². The van der Waals surface area contributed by atoms with Crippen LogP contribution in [0, 0.1) is 5.82 Å². The quantitative estimate of drug-likeness (QED) is 0.382. The Morgan fingerprint density at radius 3 is 2.64 bits per heavy atom. The van der Waals surface area contributed by atoms with Crippen LogP contribution in [-0.4, -0.2) is 31.6 Å². The summed E-state index contributed by atoms with van der Waals surface area (Å²) in [5.74, 6) is 0.155. The Labute approximate surface area is 186 Å². The van der Waals surface area contributed by atoms with Crippen LogP contribution >= 0.6 is 0 Å². The van der Waals surface area contributed by atoms with Crippen LogP contribution in [0.3, 0.4) is 0 Å². The molecule has 0 radical (unpaired) electrons. The lowest BCUT2D eigenvalue weighted by atomic mass is 10.1. The highest BCUT2D eigenvalue weighted by Gasteiger charge is 2.12. The minimum absolute atomic E-state index is 0.352. The summed E-state index contributed by atoms with van der Waals surface area (Å²) in [4.78, 5) is 15.3. The number of para-hydroxylation sites is 1. The highest BCUT2D eigenvalue weighted by molar-refractivity contribution is 5.86. The molecule has 2 heterocycles. The number of carbonyl (C=O) groups is 1. The van der Waals surface area contributed by atoms with Gasteiger partial charge in [-0.1, -0.05) is 29.5 Å². The van der Waals surface area contributed by atoms with Crippen LogP contribution in [0.25, 0.3) is 28.0 Å². The van der Waals surface area contributed by atoms with Gasteiger partial charge in [0.2, 0.25) is 0 Å². The van der Waals surface area contributed by atoms with Gasteiger partial charge in [-0.15, -0.1) is 5.10 Å². The van der Waals surface area contributed by atoms with E-state index in [2.05, 4.69) is 10.3 Å². The van der Waals surface area contributed by atoms with Gasteiger partial charge < -0.3 is 14.6 Å². The molecular formula is C24H15FN4O4. The topological polar surface area (TPSA) is 99.4 Å². The molecule has 5 aromatic rings. The zero-order valence-electron chi connectivity index (χ0n) is 16.9. The molecule has 33 heavy (non-hydrogen) atoms. The first kappa shape index (κ1) is 20.1. The maximum absolute atomic E-state index is 13.7. The first-order valence-electron chi connectivity index (χ1n) is 9.80. The number of nitrogens with zero attached hydrogens (tertiary/aromatic N) is 4. The maximum atomic E-state index is 13.7. The molecule has 0 aliphatic heterocycles. The molecule has 0 unspecified atom stereocenters. The molecule has 0 saturated heterocycles. The lowest BCUT2D eigenvalue weighted by molar-refractivity contribution is -0.120. The first-order chi connectivity index (χ1) is 16.1. The predicted octanol–water partition coefficient (Wildman–Crippen LogP) is 4.65. The van der Waals surface area contributed by atoms with E-state index >= 15 is 0 Å². The molecule has 5 rings (SSSR count). The third-order valence-corrected chi connectivity index (χ3v) is 4.85. The van der Waals surface area contributed by atoms with Crippen LogP contribution in [0.4, 0.5) is 4.39 Å². The van der Waals surface area contributed by atoms with Gasteiger partial charge in [0.15, 0.2) is 17.3 Å². The summed E-state index contributed by atoms with van der Waals surface area (Å²) in [6.45, 7) is 0.352. The molecule has 0 bridgehead atoms. The summed E-state index contributed by atoms with van der Waals surface area (Å²) in [5, 5.41) is 18.4. The minimum Gasteiger partial charge on any atom is -0.505 e. The highest BCUT2D eigenvalue weighted by Crippen LogP contribution is 2.32. The van der Waals surface area contributed by atoms with Gasteiger partial charge >= 0.3 is 0 Å². The van der Waals surface area contributed by atoms with E-state index in [1.165, 1.54) is 16.8 Å². The van der Waals surface area contributed by atoms with Crippen molar-refractivity contribution >= 4 is 17.4 Å². The number of phenolic OH excluding ortho intramolecular Hbond substituents is 1. The number of fused-ring (bicyclic) bond motifs is 1. The van der Waals surface area contributed by atoms with E-state index in [1.807, 2.05) is 18.2 Å². The van der Waals surface area contributed by atoms with Crippen LogP contribution in [0.2, 0.25) is 0 Å². The van der Waals surface area contributed by atoms with Crippen molar-refractivity contribution in [3.8, 4) is 40.1 Å². The van der Waals surface area contributed by atoms with Gasteiger partial charge in [-0.05, 0) is 36.4 Å². The Morgan fingerprint density at radius 2 is 1.79 bits per heavy atom. The number of aromatic nitrogens is 4. The third kappa shape index (κ3) is 4.07. The molecule has 0 atom stereocenters. The maximum Gasteiger partial charge on any atom is 0.298 e. The average Bonchev–Trinajstić information content (AvgIpc) is 3.32. The molecule has 0 aliphatic carbocycles. The van der Waals surface area contributed by atoms with E-state index in [9.17, 15) is 14.3 Å². The molecule has 8 nitrogen and oxygen atoms in total. The molecule has 162 valence electrons. The number of phenols is 1. The van der Waals surface area contributed by atoms with Crippen LogP contribution in [0.5, 0.6) is 23.0 Å². The third-order valence-electron chi connectivity index (χ3n) is 4.85. The fraction of sp³-hybridized carbons (Fsp3) is 0. The largest absolute Gasteiger partial charge is 0.505 e. The lowest BCUT2D eigenvalue weighted by Crippen LogP contribution is -1.95. The highest BCUT2D eigenvalue weighted by atomic mass is 19.1. The van der Waals surface area contributed by atoms with Crippen LogP contribution in [0.15, 0.2) is 79.0 Å². The Balaban J connectivity index is 1.50. The predicted molar refractivity (Wildman–Crippen MR) is 117 cm³/mol. The molecule has 1 N–H and O–H groups in total. The fourth-order valence-electron chi connectivity index (χ4n) is 3.28. The summed E-state index contributed by atoms with van der Waals surface area (Å²) in [7, 11) is 0. The van der Waals surface area contributed by atoms with Crippen molar-refractivity contribution < 1.29 is 23.8 Å². The fourth-order valence-corrected chi connectivity index (χ4v) is 3.28. The SMILES string of the molecule is O=COc1cccc(Oc2cccc3ccc(-c4cn(-c5ccc(O)c(F)c5)nn4)nc23)c1. The molecule has 0 saturated carbocycles. The van der Waals surface area contributed by atoms with Crippen molar-refractivity contribution in [2.75, 3.05) is 0 Å². The Kier molecular flexibility index (Phi) is 5.12. The van der Waals surface area contributed by atoms with Gasteiger partial charge in [0.25, 0.3) is 6.47 Å². The van der Waals surface area contributed by atoms with Crippen molar-refractivity contribution in [3.63, 3.8) is 0 Å². The molecule has 2 aromatic heterocycles. The van der Waals surface area contributed by atoms with E-state index in [-0.39, 0.29) is 0 Å². The number of hydrogen-bond acceptors (Lipinski definition) is 7. The molecule has 9 heteroatoms.